The van der Waals surface area contributed by atoms with Crippen molar-refractivity contribution in [1.29, 1.82) is 0 Å². The highest BCUT2D eigenvalue weighted by atomic mass is 16.6. The third kappa shape index (κ3) is 10.3. The standard InChI is InChI=1S/C18H30O3/c1-2-16-17(21-16)14-12-10-8-6-4-3-5-7-9-11-13-15-18(19)20/h4,6,10,12,16-17H,2-3,5,7-9,11,13-15H2,1H3,(H,19,20)/b6-4-,12-10-/t16-,17+/m1/s1. The largest absolute Gasteiger partial charge is 0.481 e. The van der Waals surface area contributed by atoms with E-state index in [0.717, 1.165) is 44.9 Å². The third-order valence-electron chi connectivity index (χ3n) is 3.83. The molecule has 3 nitrogen and oxygen atoms in total. The zero-order valence-corrected chi connectivity index (χ0v) is 13.3. The molecule has 0 aliphatic carbocycles. The summed E-state index contributed by atoms with van der Waals surface area (Å²) in [4.78, 5) is 10.3. The zero-order valence-electron chi connectivity index (χ0n) is 13.3. The Bertz CT molecular complexity index is 333. The van der Waals surface area contributed by atoms with Gasteiger partial charge in [-0.1, -0.05) is 50.5 Å². The maximum Gasteiger partial charge on any atom is 0.303 e. The molecule has 0 aromatic rings. The molecule has 1 aliphatic rings. The summed E-state index contributed by atoms with van der Waals surface area (Å²) in [5.41, 5.74) is 0. The zero-order chi connectivity index (χ0) is 15.3. The van der Waals surface area contributed by atoms with Gasteiger partial charge in [0, 0.05) is 6.42 Å². The summed E-state index contributed by atoms with van der Waals surface area (Å²) >= 11 is 0. The molecular weight excluding hydrogens is 264 g/mol. The summed E-state index contributed by atoms with van der Waals surface area (Å²) in [7, 11) is 0. The van der Waals surface area contributed by atoms with E-state index in [-0.39, 0.29) is 0 Å². The predicted octanol–water partition coefficient (Wildman–Crippen LogP) is 4.87. The van der Waals surface area contributed by atoms with Crippen molar-refractivity contribution in [3.05, 3.63) is 24.3 Å². The molecule has 1 rings (SSSR count). The van der Waals surface area contributed by atoms with Gasteiger partial charge in [0.2, 0.25) is 0 Å². The normalized spacial score (nSPS) is 21.4. The SMILES string of the molecule is CC[C@H]1O[C@H]1C/C=C\C/C=C\CCCCCCCC(=O)O. The molecule has 120 valence electrons. The van der Waals surface area contributed by atoms with Gasteiger partial charge in [0.15, 0.2) is 0 Å². The highest BCUT2D eigenvalue weighted by Crippen LogP contribution is 2.28. The van der Waals surface area contributed by atoms with Crippen molar-refractivity contribution in [2.45, 2.75) is 83.3 Å². The van der Waals surface area contributed by atoms with Crippen LogP contribution < -0.4 is 0 Å². The van der Waals surface area contributed by atoms with Crippen molar-refractivity contribution in [3.8, 4) is 0 Å². The molecule has 1 heterocycles. The van der Waals surface area contributed by atoms with Gasteiger partial charge in [-0.25, -0.2) is 0 Å². The molecule has 0 radical (unpaired) electrons. The molecule has 0 bridgehead atoms. The lowest BCUT2D eigenvalue weighted by Crippen LogP contribution is -1.93. The van der Waals surface area contributed by atoms with E-state index in [4.69, 9.17) is 9.84 Å². The number of rotatable bonds is 13. The van der Waals surface area contributed by atoms with E-state index in [1.54, 1.807) is 0 Å². The van der Waals surface area contributed by atoms with Crippen LogP contribution in [0.15, 0.2) is 24.3 Å². The van der Waals surface area contributed by atoms with E-state index in [0.29, 0.717) is 18.6 Å². The van der Waals surface area contributed by atoms with Gasteiger partial charge in [-0.2, -0.15) is 0 Å². The van der Waals surface area contributed by atoms with Crippen molar-refractivity contribution in [3.63, 3.8) is 0 Å². The van der Waals surface area contributed by atoms with Crippen LogP contribution in [0.3, 0.4) is 0 Å². The maximum absolute atomic E-state index is 10.3. The summed E-state index contributed by atoms with van der Waals surface area (Å²) < 4.78 is 5.48. The Kier molecular flexibility index (Phi) is 9.88. The highest BCUT2D eigenvalue weighted by molar-refractivity contribution is 5.66. The van der Waals surface area contributed by atoms with Gasteiger partial charge in [-0.15, -0.1) is 0 Å². The Morgan fingerprint density at radius 3 is 2.43 bits per heavy atom. The van der Waals surface area contributed by atoms with Gasteiger partial charge >= 0.3 is 5.97 Å². The maximum atomic E-state index is 10.3. The minimum atomic E-state index is -0.676. The third-order valence-corrected chi connectivity index (χ3v) is 3.83. The van der Waals surface area contributed by atoms with Crippen molar-refractivity contribution in [1.82, 2.24) is 0 Å². The van der Waals surface area contributed by atoms with Crippen LogP contribution in [0.2, 0.25) is 0 Å². The summed E-state index contributed by atoms with van der Waals surface area (Å²) in [6, 6.07) is 0. The lowest BCUT2D eigenvalue weighted by Gasteiger charge is -1.98. The molecule has 1 aliphatic heterocycles. The molecule has 0 unspecified atom stereocenters. The fraction of sp³-hybridized carbons (Fsp3) is 0.722. The first kappa shape index (κ1) is 18.0. The smallest absolute Gasteiger partial charge is 0.303 e. The van der Waals surface area contributed by atoms with Crippen LogP contribution in [0.1, 0.15) is 71.1 Å². The van der Waals surface area contributed by atoms with E-state index in [1.165, 1.54) is 12.8 Å². The molecule has 2 atom stereocenters. The van der Waals surface area contributed by atoms with Crippen LogP contribution in [0, 0.1) is 0 Å². The van der Waals surface area contributed by atoms with Crippen molar-refractivity contribution in [2.75, 3.05) is 0 Å². The monoisotopic (exact) mass is 294 g/mol. The van der Waals surface area contributed by atoms with Gasteiger partial charge < -0.3 is 9.84 Å². The highest BCUT2D eigenvalue weighted by Gasteiger charge is 2.35. The number of carbonyl (C=O) groups is 1. The number of hydrogen-bond donors (Lipinski definition) is 1. The molecule has 0 saturated carbocycles. The fourth-order valence-electron chi connectivity index (χ4n) is 2.43. The van der Waals surface area contributed by atoms with Crippen LogP contribution in [-0.4, -0.2) is 23.3 Å². The lowest BCUT2D eigenvalue weighted by molar-refractivity contribution is -0.137. The topological polar surface area (TPSA) is 49.8 Å². The molecule has 1 saturated heterocycles. The number of ether oxygens (including phenoxy) is 1. The predicted molar refractivity (Wildman–Crippen MR) is 86.4 cm³/mol. The second kappa shape index (κ2) is 11.6. The van der Waals surface area contributed by atoms with Crippen LogP contribution in [0.4, 0.5) is 0 Å². The average molecular weight is 294 g/mol. The Labute approximate surface area is 129 Å². The molecule has 1 N–H and O–H groups in total. The molecule has 21 heavy (non-hydrogen) atoms. The van der Waals surface area contributed by atoms with E-state index >= 15 is 0 Å². The number of aliphatic carboxylic acids is 1. The molecule has 3 heteroatoms. The molecule has 0 spiro atoms. The Morgan fingerprint density at radius 2 is 1.71 bits per heavy atom. The average Bonchev–Trinajstić information content (AvgIpc) is 3.22. The molecule has 0 amide bonds. The summed E-state index contributed by atoms with van der Waals surface area (Å²) in [5.74, 6) is -0.676. The molecule has 0 aromatic carbocycles. The Hall–Kier alpha value is -1.09. The van der Waals surface area contributed by atoms with Gasteiger partial charge in [0.05, 0.1) is 12.2 Å². The van der Waals surface area contributed by atoms with Gasteiger partial charge in [0.25, 0.3) is 0 Å². The summed E-state index contributed by atoms with van der Waals surface area (Å²) in [5, 5.41) is 8.51. The van der Waals surface area contributed by atoms with Crippen LogP contribution in [0.5, 0.6) is 0 Å². The van der Waals surface area contributed by atoms with Crippen molar-refractivity contribution < 1.29 is 14.6 Å². The van der Waals surface area contributed by atoms with Gasteiger partial charge in [0.1, 0.15) is 0 Å². The minimum Gasteiger partial charge on any atom is -0.481 e. The van der Waals surface area contributed by atoms with E-state index < -0.39 is 5.97 Å². The Morgan fingerprint density at radius 1 is 1.00 bits per heavy atom. The summed E-state index contributed by atoms with van der Waals surface area (Å²) in [6.45, 7) is 2.17. The van der Waals surface area contributed by atoms with Gasteiger partial charge in [-0.3, -0.25) is 4.79 Å². The molecule has 0 aromatic heterocycles. The van der Waals surface area contributed by atoms with E-state index in [9.17, 15) is 4.79 Å². The number of carboxylic acid groups (broad SMARTS) is 1. The van der Waals surface area contributed by atoms with E-state index in [1.807, 2.05) is 0 Å². The first-order chi connectivity index (χ1) is 10.2. The number of epoxide rings is 1. The first-order valence-electron chi connectivity index (χ1n) is 8.41. The summed E-state index contributed by atoms with van der Waals surface area (Å²) in [6.07, 6.45) is 20.0. The van der Waals surface area contributed by atoms with E-state index in [2.05, 4.69) is 31.2 Å². The minimum absolute atomic E-state index is 0.317. The number of allylic oxidation sites excluding steroid dienone is 3. The number of hydrogen-bond acceptors (Lipinski definition) is 2. The first-order valence-corrected chi connectivity index (χ1v) is 8.41. The molecular formula is C18H30O3. The van der Waals surface area contributed by atoms with Crippen molar-refractivity contribution >= 4 is 5.97 Å². The van der Waals surface area contributed by atoms with Crippen molar-refractivity contribution in [2.24, 2.45) is 0 Å². The quantitative estimate of drug-likeness (QED) is 0.299. The van der Waals surface area contributed by atoms with Gasteiger partial charge in [-0.05, 0) is 38.5 Å². The second-order valence-corrected chi connectivity index (χ2v) is 5.74. The number of carboxylic acids is 1. The Balaban J connectivity index is 1.80. The van der Waals surface area contributed by atoms with Crippen LogP contribution in [0.25, 0.3) is 0 Å². The fourth-order valence-corrected chi connectivity index (χ4v) is 2.43. The number of unbranched alkanes of at least 4 members (excludes halogenated alkanes) is 5. The van der Waals surface area contributed by atoms with Crippen LogP contribution in [-0.2, 0) is 9.53 Å². The lowest BCUT2D eigenvalue weighted by atomic mass is 10.1. The second-order valence-electron chi connectivity index (χ2n) is 5.74. The van der Waals surface area contributed by atoms with Crippen LogP contribution >= 0.6 is 0 Å². The molecule has 1 fully saturated rings.